The van der Waals surface area contributed by atoms with Gasteiger partial charge < -0.3 is 9.84 Å². The van der Waals surface area contributed by atoms with Crippen molar-refractivity contribution in [3.05, 3.63) is 70.2 Å². The monoisotopic (exact) mass is 436 g/mol. The zero-order valence-electron chi connectivity index (χ0n) is 17.7. The van der Waals surface area contributed by atoms with Gasteiger partial charge in [0.2, 0.25) is 0 Å². The molecule has 160 valence electrons. The van der Waals surface area contributed by atoms with E-state index in [1.165, 1.54) is 16.0 Å². The molecular formula is C24H24N2O4S. The van der Waals surface area contributed by atoms with Crippen molar-refractivity contribution >= 4 is 28.5 Å². The molecule has 3 aromatic rings. The van der Waals surface area contributed by atoms with Gasteiger partial charge >= 0.3 is 12.1 Å². The molecule has 1 unspecified atom stereocenters. The number of fused-ring (bicyclic) bond motifs is 3. The van der Waals surface area contributed by atoms with Crippen LogP contribution in [0.3, 0.4) is 0 Å². The second-order valence-electron chi connectivity index (χ2n) is 7.65. The molecule has 0 saturated carbocycles. The minimum Gasteiger partial charge on any atom is -0.477 e. The minimum atomic E-state index is -1.04. The van der Waals surface area contributed by atoms with Crippen LogP contribution in [0.1, 0.15) is 52.7 Å². The Bertz CT molecular complexity index is 1090. The lowest BCUT2D eigenvalue weighted by Crippen LogP contribution is -2.39. The van der Waals surface area contributed by atoms with E-state index in [0.29, 0.717) is 17.2 Å². The molecule has 4 rings (SSSR count). The molecule has 0 radical (unpaired) electrons. The van der Waals surface area contributed by atoms with E-state index in [9.17, 15) is 14.7 Å². The second kappa shape index (κ2) is 8.51. The summed E-state index contributed by atoms with van der Waals surface area (Å²) in [4.78, 5) is 30.5. The van der Waals surface area contributed by atoms with Crippen LogP contribution in [0.25, 0.3) is 11.1 Å². The van der Waals surface area contributed by atoms with Gasteiger partial charge in [-0.05, 0) is 42.5 Å². The van der Waals surface area contributed by atoms with E-state index in [-0.39, 0.29) is 23.4 Å². The fourth-order valence-corrected chi connectivity index (χ4v) is 4.97. The molecule has 1 aliphatic carbocycles. The summed E-state index contributed by atoms with van der Waals surface area (Å²) in [5.74, 6) is -1.08. The van der Waals surface area contributed by atoms with Gasteiger partial charge in [0, 0.05) is 12.0 Å². The fourth-order valence-electron chi connectivity index (χ4n) is 3.98. The molecule has 0 fully saturated rings. The van der Waals surface area contributed by atoms with Crippen LogP contribution in [-0.4, -0.2) is 34.8 Å². The van der Waals surface area contributed by atoms with Crippen LogP contribution in [-0.2, 0) is 4.74 Å². The molecule has 1 heterocycles. The van der Waals surface area contributed by atoms with Crippen molar-refractivity contribution in [1.29, 1.82) is 0 Å². The van der Waals surface area contributed by atoms with E-state index in [4.69, 9.17) is 4.74 Å². The number of ether oxygens (including phenoxy) is 1. The molecule has 0 saturated heterocycles. The zero-order valence-corrected chi connectivity index (χ0v) is 18.5. The highest BCUT2D eigenvalue weighted by Gasteiger charge is 2.32. The Balaban J connectivity index is 1.59. The first-order chi connectivity index (χ1) is 14.9. The first-order valence-electron chi connectivity index (χ1n) is 10.3. The zero-order chi connectivity index (χ0) is 22.1. The number of carbonyl (C=O) groups is 2. The number of hydrogen-bond acceptors (Lipinski definition) is 5. The number of carboxylic acids is 1. The maximum atomic E-state index is 13.1. The van der Waals surface area contributed by atoms with Gasteiger partial charge in [-0.15, -0.1) is 0 Å². The quantitative estimate of drug-likeness (QED) is 0.536. The smallest absolute Gasteiger partial charge is 0.416 e. The van der Waals surface area contributed by atoms with Gasteiger partial charge in [0.05, 0.1) is 5.69 Å². The molecule has 7 heteroatoms. The van der Waals surface area contributed by atoms with Gasteiger partial charge in [-0.3, -0.25) is 4.90 Å². The number of aromatic carboxylic acids is 1. The van der Waals surface area contributed by atoms with Gasteiger partial charge in [0.25, 0.3) is 0 Å². The van der Waals surface area contributed by atoms with Crippen molar-refractivity contribution in [2.45, 2.75) is 39.2 Å². The molecule has 1 amide bonds. The molecule has 0 bridgehead atoms. The van der Waals surface area contributed by atoms with Crippen LogP contribution in [0.2, 0.25) is 0 Å². The number of rotatable bonds is 6. The van der Waals surface area contributed by atoms with Crippen LogP contribution < -0.4 is 4.90 Å². The van der Waals surface area contributed by atoms with Crippen LogP contribution in [0.15, 0.2) is 48.5 Å². The van der Waals surface area contributed by atoms with Gasteiger partial charge in [0.15, 0.2) is 5.13 Å². The summed E-state index contributed by atoms with van der Waals surface area (Å²) in [6, 6.07) is 16.2. The number of aromatic nitrogens is 1. The average Bonchev–Trinajstić information content (AvgIpc) is 3.30. The predicted octanol–water partition coefficient (Wildman–Crippen LogP) is 5.70. The third kappa shape index (κ3) is 3.81. The number of anilines is 1. The van der Waals surface area contributed by atoms with E-state index in [1.54, 1.807) is 6.92 Å². The summed E-state index contributed by atoms with van der Waals surface area (Å²) < 4.78 is 5.80. The van der Waals surface area contributed by atoms with Crippen LogP contribution in [0.5, 0.6) is 0 Å². The van der Waals surface area contributed by atoms with Gasteiger partial charge in [-0.2, -0.15) is 0 Å². The van der Waals surface area contributed by atoms with E-state index in [1.807, 2.05) is 38.1 Å². The largest absolute Gasteiger partial charge is 0.477 e. The summed E-state index contributed by atoms with van der Waals surface area (Å²) in [7, 11) is 0. The minimum absolute atomic E-state index is 0.0391. The molecule has 0 aliphatic heterocycles. The van der Waals surface area contributed by atoms with Gasteiger partial charge in [0.1, 0.15) is 11.5 Å². The topological polar surface area (TPSA) is 79.7 Å². The van der Waals surface area contributed by atoms with Crippen molar-refractivity contribution in [3.63, 3.8) is 0 Å². The van der Waals surface area contributed by atoms with E-state index >= 15 is 0 Å². The lowest BCUT2D eigenvalue weighted by atomic mass is 9.98. The van der Waals surface area contributed by atoms with Crippen molar-refractivity contribution in [3.8, 4) is 11.1 Å². The van der Waals surface area contributed by atoms with E-state index in [0.717, 1.165) is 22.5 Å². The maximum absolute atomic E-state index is 13.1. The molecule has 31 heavy (non-hydrogen) atoms. The van der Waals surface area contributed by atoms with Crippen LogP contribution >= 0.6 is 11.3 Å². The Hall–Kier alpha value is -3.19. The summed E-state index contributed by atoms with van der Waals surface area (Å²) in [5, 5.41) is 9.71. The average molecular weight is 437 g/mol. The first-order valence-corrected chi connectivity index (χ1v) is 11.1. The molecular weight excluding hydrogens is 412 g/mol. The van der Waals surface area contributed by atoms with Crippen molar-refractivity contribution in [2.75, 3.05) is 11.5 Å². The lowest BCUT2D eigenvalue weighted by molar-refractivity contribution is 0.0701. The Morgan fingerprint density at radius 3 is 2.23 bits per heavy atom. The maximum Gasteiger partial charge on any atom is 0.416 e. The third-order valence-corrected chi connectivity index (χ3v) is 6.89. The van der Waals surface area contributed by atoms with E-state index in [2.05, 4.69) is 29.2 Å². The molecule has 1 aromatic heterocycles. The van der Waals surface area contributed by atoms with Crippen molar-refractivity contribution < 1.29 is 19.4 Å². The van der Waals surface area contributed by atoms with E-state index < -0.39 is 12.1 Å². The Labute approximate surface area is 185 Å². The van der Waals surface area contributed by atoms with Gasteiger partial charge in [-0.1, -0.05) is 66.8 Å². The number of thiazole rings is 1. The molecule has 1 aliphatic rings. The second-order valence-corrected chi connectivity index (χ2v) is 8.62. The normalized spacial score (nSPS) is 13.4. The van der Waals surface area contributed by atoms with Gasteiger partial charge in [-0.25, -0.2) is 14.6 Å². The number of aryl methyl sites for hydroxylation is 1. The van der Waals surface area contributed by atoms with Crippen LogP contribution in [0, 0.1) is 6.92 Å². The number of carboxylic acid groups (broad SMARTS) is 1. The number of amides is 1. The highest BCUT2D eigenvalue weighted by atomic mass is 32.1. The SMILES string of the molecule is CCC(C)N(C(=O)OCC1c2ccccc2-c2ccccc21)c1nc(C)c(C(=O)O)s1. The fraction of sp³-hybridized carbons (Fsp3) is 0.292. The van der Waals surface area contributed by atoms with Crippen LogP contribution in [0.4, 0.5) is 9.93 Å². The number of benzene rings is 2. The van der Waals surface area contributed by atoms with Crippen molar-refractivity contribution in [2.24, 2.45) is 0 Å². The standard InChI is InChI=1S/C24H24N2O4S/c1-4-14(2)26(23-25-15(3)21(31-23)22(27)28)24(29)30-13-20-18-11-7-5-9-16(18)17-10-6-8-12-19(17)20/h5-12,14,20H,4,13H2,1-3H3,(H,27,28). The molecule has 6 nitrogen and oxygen atoms in total. The number of hydrogen-bond donors (Lipinski definition) is 1. The Morgan fingerprint density at radius 2 is 1.71 bits per heavy atom. The first kappa shape index (κ1) is 21.1. The summed E-state index contributed by atoms with van der Waals surface area (Å²) in [5.41, 5.74) is 5.01. The number of nitrogens with zero attached hydrogens (tertiary/aromatic N) is 2. The summed E-state index contributed by atoms with van der Waals surface area (Å²) in [6.07, 6.45) is 0.174. The number of carbonyl (C=O) groups excluding carboxylic acids is 1. The Morgan fingerprint density at radius 1 is 1.13 bits per heavy atom. The summed E-state index contributed by atoms with van der Waals surface area (Å²) in [6.45, 7) is 5.71. The molecule has 2 aromatic carbocycles. The lowest BCUT2D eigenvalue weighted by Gasteiger charge is -2.26. The Kier molecular flexibility index (Phi) is 5.78. The molecule has 1 N–H and O–H groups in total. The summed E-state index contributed by atoms with van der Waals surface area (Å²) >= 11 is 0.997. The van der Waals surface area contributed by atoms with Crippen molar-refractivity contribution in [1.82, 2.24) is 4.98 Å². The molecule has 0 spiro atoms. The highest BCUT2D eigenvalue weighted by molar-refractivity contribution is 7.17. The molecule has 1 atom stereocenters. The predicted molar refractivity (Wildman–Crippen MR) is 121 cm³/mol. The third-order valence-electron chi connectivity index (χ3n) is 5.75. The highest BCUT2D eigenvalue weighted by Crippen LogP contribution is 2.44.